The summed E-state index contributed by atoms with van der Waals surface area (Å²) in [4.78, 5) is 4.25. The molecule has 0 aliphatic heterocycles. The lowest BCUT2D eigenvalue weighted by Crippen LogP contribution is -2.37. The second-order valence-electron chi connectivity index (χ2n) is 3.49. The molecule has 1 heterocycles. The number of nitrogens with zero attached hydrogens (tertiary/aromatic N) is 3. The van der Waals surface area contributed by atoms with Gasteiger partial charge in [-0.3, -0.25) is 5.10 Å². The van der Waals surface area contributed by atoms with Gasteiger partial charge in [0.25, 0.3) is 0 Å². The SMILES string of the molecule is COC1(c2n[nH]c(CC#N)n2)CCC1. The zero-order valence-corrected chi connectivity index (χ0v) is 8.08. The van der Waals surface area contributed by atoms with Gasteiger partial charge < -0.3 is 4.74 Å². The molecule has 0 spiro atoms. The number of H-pyrrole nitrogens is 1. The van der Waals surface area contributed by atoms with Crippen molar-refractivity contribution in [3.8, 4) is 6.07 Å². The number of methoxy groups -OCH3 is 1. The van der Waals surface area contributed by atoms with E-state index in [-0.39, 0.29) is 12.0 Å². The van der Waals surface area contributed by atoms with E-state index >= 15 is 0 Å². The van der Waals surface area contributed by atoms with E-state index in [4.69, 9.17) is 10.00 Å². The molecule has 2 rings (SSSR count). The number of hydrogen-bond acceptors (Lipinski definition) is 4. The Morgan fingerprint density at radius 1 is 1.64 bits per heavy atom. The quantitative estimate of drug-likeness (QED) is 0.771. The first-order valence-electron chi connectivity index (χ1n) is 4.64. The second-order valence-corrected chi connectivity index (χ2v) is 3.49. The molecular formula is C9H12N4O. The molecule has 0 radical (unpaired) electrons. The van der Waals surface area contributed by atoms with E-state index in [0.29, 0.717) is 11.6 Å². The summed E-state index contributed by atoms with van der Waals surface area (Å²) in [5, 5.41) is 15.3. The number of aromatic nitrogens is 3. The highest BCUT2D eigenvalue weighted by Gasteiger charge is 2.42. The molecule has 0 atom stereocenters. The number of nitrogens with one attached hydrogen (secondary N) is 1. The van der Waals surface area contributed by atoms with E-state index in [1.165, 1.54) is 0 Å². The molecule has 0 bridgehead atoms. The summed E-state index contributed by atoms with van der Waals surface area (Å²) in [5.41, 5.74) is -0.287. The Bertz CT molecular complexity index is 356. The standard InChI is InChI=1S/C9H12N4O/c1-14-9(4-2-5-9)8-11-7(3-6-10)12-13-8/h2-5H2,1H3,(H,11,12,13). The average molecular weight is 192 g/mol. The summed E-state index contributed by atoms with van der Waals surface area (Å²) in [6.45, 7) is 0. The summed E-state index contributed by atoms with van der Waals surface area (Å²) < 4.78 is 5.42. The van der Waals surface area contributed by atoms with Crippen molar-refractivity contribution in [1.82, 2.24) is 15.2 Å². The molecule has 1 aromatic heterocycles. The summed E-state index contributed by atoms with van der Waals surface area (Å²) >= 11 is 0. The molecular weight excluding hydrogens is 180 g/mol. The van der Waals surface area contributed by atoms with Crippen LogP contribution in [0.2, 0.25) is 0 Å². The van der Waals surface area contributed by atoms with E-state index in [1.807, 2.05) is 6.07 Å². The topological polar surface area (TPSA) is 74.6 Å². The summed E-state index contributed by atoms with van der Waals surface area (Å²) in [6.07, 6.45) is 3.35. The number of rotatable bonds is 3. The Balaban J connectivity index is 2.20. The van der Waals surface area contributed by atoms with Crippen LogP contribution >= 0.6 is 0 Å². The zero-order chi connectivity index (χ0) is 10.0. The van der Waals surface area contributed by atoms with E-state index in [2.05, 4.69) is 15.2 Å². The monoisotopic (exact) mass is 192 g/mol. The molecule has 0 aromatic carbocycles. The van der Waals surface area contributed by atoms with E-state index in [1.54, 1.807) is 7.11 Å². The fourth-order valence-electron chi connectivity index (χ4n) is 1.67. The third kappa shape index (κ3) is 1.28. The molecule has 0 unspecified atom stereocenters. The molecule has 1 aliphatic rings. The molecule has 5 nitrogen and oxygen atoms in total. The van der Waals surface area contributed by atoms with Crippen molar-refractivity contribution in [2.75, 3.05) is 7.11 Å². The van der Waals surface area contributed by atoms with Gasteiger partial charge in [0.15, 0.2) is 5.82 Å². The van der Waals surface area contributed by atoms with Gasteiger partial charge in [0, 0.05) is 7.11 Å². The maximum absolute atomic E-state index is 8.49. The highest BCUT2D eigenvalue weighted by Crippen LogP contribution is 2.42. The van der Waals surface area contributed by atoms with Gasteiger partial charge in [-0.15, -0.1) is 0 Å². The second kappa shape index (κ2) is 3.39. The van der Waals surface area contributed by atoms with Gasteiger partial charge in [-0.1, -0.05) is 0 Å². The Morgan fingerprint density at radius 2 is 2.43 bits per heavy atom. The first-order valence-corrected chi connectivity index (χ1v) is 4.64. The summed E-state index contributed by atoms with van der Waals surface area (Å²) in [6, 6.07) is 2.03. The number of ether oxygens (including phenoxy) is 1. The van der Waals surface area contributed by atoms with E-state index in [0.717, 1.165) is 19.3 Å². The van der Waals surface area contributed by atoms with Gasteiger partial charge in [-0.2, -0.15) is 10.4 Å². The first kappa shape index (κ1) is 9.16. The minimum atomic E-state index is -0.287. The van der Waals surface area contributed by atoms with Crippen LogP contribution in [0, 0.1) is 11.3 Å². The molecule has 14 heavy (non-hydrogen) atoms. The molecule has 1 aromatic rings. The molecule has 5 heteroatoms. The van der Waals surface area contributed by atoms with E-state index in [9.17, 15) is 0 Å². The smallest absolute Gasteiger partial charge is 0.182 e. The Labute approximate surface area is 82.1 Å². The zero-order valence-electron chi connectivity index (χ0n) is 8.08. The van der Waals surface area contributed by atoms with Gasteiger partial charge in [-0.05, 0) is 19.3 Å². The largest absolute Gasteiger partial charge is 0.370 e. The van der Waals surface area contributed by atoms with Gasteiger partial charge in [0.1, 0.15) is 11.4 Å². The molecule has 0 saturated heterocycles. The molecule has 0 amide bonds. The van der Waals surface area contributed by atoms with Crippen molar-refractivity contribution in [2.24, 2.45) is 0 Å². The predicted octanol–water partition coefficient (Wildman–Crippen LogP) is 0.896. The van der Waals surface area contributed by atoms with Gasteiger partial charge in [0.2, 0.25) is 0 Å². The first-order chi connectivity index (χ1) is 6.80. The number of aromatic amines is 1. The molecule has 1 N–H and O–H groups in total. The van der Waals surface area contributed by atoms with Crippen molar-refractivity contribution in [3.63, 3.8) is 0 Å². The van der Waals surface area contributed by atoms with Crippen LogP contribution in [0.1, 0.15) is 30.9 Å². The third-order valence-electron chi connectivity index (χ3n) is 2.74. The van der Waals surface area contributed by atoms with Gasteiger partial charge in [0.05, 0.1) is 12.5 Å². The van der Waals surface area contributed by atoms with Crippen LogP contribution in [-0.2, 0) is 16.8 Å². The fourth-order valence-corrected chi connectivity index (χ4v) is 1.67. The van der Waals surface area contributed by atoms with Crippen LogP contribution in [0.4, 0.5) is 0 Å². The molecule has 1 saturated carbocycles. The Kier molecular flexibility index (Phi) is 2.22. The fraction of sp³-hybridized carbons (Fsp3) is 0.667. The predicted molar refractivity (Wildman–Crippen MR) is 48.2 cm³/mol. The van der Waals surface area contributed by atoms with Crippen LogP contribution < -0.4 is 0 Å². The maximum atomic E-state index is 8.49. The lowest BCUT2D eigenvalue weighted by atomic mass is 9.79. The lowest BCUT2D eigenvalue weighted by molar-refractivity contribution is -0.0844. The minimum absolute atomic E-state index is 0.271. The Morgan fingerprint density at radius 3 is 2.93 bits per heavy atom. The lowest BCUT2D eigenvalue weighted by Gasteiger charge is -2.37. The van der Waals surface area contributed by atoms with Crippen molar-refractivity contribution in [1.29, 1.82) is 5.26 Å². The van der Waals surface area contributed by atoms with Crippen molar-refractivity contribution >= 4 is 0 Å². The van der Waals surface area contributed by atoms with E-state index < -0.39 is 0 Å². The van der Waals surface area contributed by atoms with Gasteiger partial charge >= 0.3 is 0 Å². The van der Waals surface area contributed by atoms with Crippen molar-refractivity contribution in [2.45, 2.75) is 31.3 Å². The normalized spacial score (nSPS) is 18.6. The van der Waals surface area contributed by atoms with Crippen LogP contribution in [0.15, 0.2) is 0 Å². The van der Waals surface area contributed by atoms with Crippen LogP contribution in [0.3, 0.4) is 0 Å². The van der Waals surface area contributed by atoms with Crippen LogP contribution in [-0.4, -0.2) is 22.3 Å². The molecule has 1 fully saturated rings. The summed E-state index contributed by atoms with van der Waals surface area (Å²) in [5.74, 6) is 1.31. The maximum Gasteiger partial charge on any atom is 0.182 e. The molecule has 1 aliphatic carbocycles. The average Bonchev–Trinajstić information content (AvgIpc) is 2.54. The minimum Gasteiger partial charge on any atom is -0.370 e. The number of nitriles is 1. The molecule has 74 valence electrons. The highest BCUT2D eigenvalue weighted by molar-refractivity contribution is 5.09. The Hall–Kier alpha value is -1.41. The van der Waals surface area contributed by atoms with Crippen LogP contribution in [0.25, 0.3) is 0 Å². The van der Waals surface area contributed by atoms with Crippen molar-refractivity contribution < 1.29 is 4.74 Å². The van der Waals surface area contributed by atoms with Crippen LogP contribution in [0.5, 0.6) is 0 Å². The van der Waals surface area contributed by atoms with Crippen molar-refractivity contribution in [3.05, 3.63) is 11.6 Å². The third-order valence-corrected chi connectivity index (χ3v) is 2.74. The highest BCUT2D eigenvalue weighted by atomic mass is 16.5. The summed E-state index contributed by atoms with van der Waals surface area (Å²) in [7, 11) is 1.68. The van der Waals surface area contributed by atoms with Gasteiger partial charge in [-0.25, -0.2) is 4.98 Å². The number of hydrogen-bond donors (Lipinski definition) is 1.